The summed E-state index contributed by atoms with van der Waals surface area (Å²) >= 11 is 0.627. The third-order valence-electron chi connectivity index (χ3n) is 8.79. The van der Waals surface area contributed by atoms with Crippen LogP contribution in [0.15, 0.2) is 22.7 Å². The van der Waals surface area contributed by atoms with Crippen molar-refractivity contribution in [2.75, 3.05) is 31.1 Å². The summed E-state index contributed by atoms with van der Waals surface area (Å²) in [6, 6.07) is 5.13. The van der Waals surface area contributed by atoms with E-state index in [1.165, 1.54) is 17.4 Å². The summed E-state index contributed by atoms with van der Waals surface area (Å²) in [5, 5.41) is 3.18. The second-order valence-corrected chi connectivity index (χ2v) is 13.2. The standard InChI is InChI=1S/C30H35F4N5O3S/c1-17(2)27-36-29(42-37-27)38-9-5-18(6-10-38)22-13-19(22)8-12-41-21-4-3-20(23(31)15-21)14-26(40)39-11-7-25-24(16-39)35-28(43-25)30(32,33)34/h3-4,15,17-19,22H,5-14,16H2,1-2H3/t19-,22-/m1/s1. The van der Waals surface area contributed by atoms with E-state index in [-0.39, 0.29) is 42.6 Å². The molecule has 4 heterocycles. The maximum Gasteiger partial charge on any atom is 0.443 e. The van der Waals surface area contributed by atoms with Crippen LogP contribution >= 0.6 is 11.3 Å². The number of rotatable bonds is 9. The zero-order chi connectivity index (χ0) is 30.3. The second-order valence-electron chi connectivity index (χ2n) is 12.1. The molecule has 0 radical (unpaired) electrons. The van der Waals surface area contributed by atoms with Crippen molar-refractivity contribution in [1.82, 2.24) is 20.0 Å². The highest BCUT2D eigenvalue weighted by Gasteiger charge is 2.43. The minimum Gasteiger partial charge on any atom is -0.493 e. The molecule has 8 nitrogen and oxygen atoms in total. The van der Waals surface area contributed by atoms with Crippen LogP contribution < -0.4 is 9.64 Å². The highest BCUT2D eigenvalue weighted by molar-refractivity contribution is 7.11. The third kappa shape index (κ3) is 6.81. The van der Waals surface area contributed by atoms with Gasteiger partial charge in [-0.25, -0.2) is 9.37 Å². The van der Waals surface area contributed by atoms with Crippen molar-refractivity contribution < 1.29 is 31.6 Å². The molecule has 1 amide bonds. The van der Waals surface area contributed by atoms with Crippen LogP contribution in [0.1, 0.15) is 72.4 Å². The number of aromatic nitrogens is 3. The SMILES string of the molecule is CC(C)c1noc(N2CCC([C@H]3C[C@H]3CCOc3ccc(CC(=O)N4CCc5sc(C(F)(F)F)nc5C4)c(F)c3)CC2)n1. The first-order chi connectivity index (χ1) is 20.5. The number of piperidine rings is 1. The summed E-state index contributed by atoms with van der Waals surface area (Å²) in [5.74, 6) is 2.51. The number of alkyl halides is 3. The Kier molecular flexibility index (Phi) is 8.36. The largest absolute Gasteiger partial charge is 0.493 e. The van der Waals surface area contributed by atoms with Crippen molar-refractivity contribution in [3.8, 4) is 5.75 Å². The van der Waals surface area contributed by atoms with Crippen LogP contribution in [-0.2, 0) is 30.4 Å². The number of carbonyl (C=O) groups is 1. The molecule has 2 aromatic heterocycles. The smallest absolute Gasteiger partial charge is 0.443 e. The van der Waals surface area contributed by atoms with Crippen LogP contribution in [0.5, 0.6) is 5.75 Å². The number of anilines is 1. The topological polar surface area (TPSA) is 84.6 Å². The number of carbonyl (C=O) groups excluding carboxylic acids is 1. The van der Waals surface area contributed by atoms with Gasteiger partial charge in [0.1, 0.15) is 11.6 Å². The molecule has 0 N–H and O–H groups in total. The number of benzene rings is 1. The fourth-order valence-electron chi connectivity index (χ4n) is 6.19. The van der Waals surface area contributed by atoms with Gasteiger partial charge in [0.15, 0.2) is 10.8 Å². The lowest BCUT2D eigenvalue weighted by Crippen LogP contribution is -2.36. The number of amides is 1. The molecule has 3 aliphatic rings. The van der Waals surface area contributed by atoms with Gasteiger partial charge in [-0.1, -0.05) is 25.1 Å². The molecule has 2 atom stereocenters. The lowest BCUT2D eigenvalue weighted by Gasteiger charge is -2.30. The highest BCUT2D eigenvalue weighted by atomic mass is 32.1. The van der Waals surface area contributed by atoms with Crippen LogP contribution in [0, 0.1) is 23.6 Å². The molecule has 6 rings (SSSR count). The summed E-state index contributed by atoms with van der Waals surface area (Å²) in [5.41, 5.74) is 0.500. The quantitative estimate of drug-likeness (QED) is 0.261. The van der Waals surface area contributed by atoms with Gasteiger partial charge >= 0.3 is 12.2 Å². The van der Waals surface area contributed by atoms with Crippen molar-refractivity contribution >= 4 is 23.3 Å². The second kappa shape index (κ2) is 12.0. The summed E-state index contributed by atoms with van der Waals surface area (Å²) in [6.45, 7) is 6.72. The Morgan fingerprint density at radius 1 is 1.19 bits per heavy atom. The predicted molar refractivity (Wildman–Crippen MR) is 151 cm³/mol. The molecule has 2 fully saturated rings. The summed E-state index contributed by atoms with van der Waals surface area (Å²) in [7, 11) is 0. The Labute approximate surface area is 251 Å². The maximum absolute atomic E-state index is 14.8. The average Bonchev–Trinajstić information content (AvgIpc) is 3.36. The minimum absolute atomic E-state index is 0.00262. The van der Waals surface area contributed by atoms with Gasteiger partial charge in [-0.2, -0.15) is 18.2 Å². The van der Waals surface area contributed by atoms with Crippen LogP contribution in [0.25, 0.3) is 0 Å². The van der Waals surface area contributed by atoms with Gasteiger partial charge in [0, 0.05) is 42.9 Å². The van der Waals surface area contributed by atoms with Gasteiger partial charge in [-0.3, -0.25) is 4.79 Å². The molecule has 232 valence electrons. The van der Waals surface area contributed by atoms with E-state index < -0.39 is 17.0 Å². The summed E-state index contributed by atoms with van der Waals surface area (Å²) < 4.78 is 65.1. The molecule has 43 heavy (non-hydrogen) atoms. The molecular weight excluding hydrogens is 586 g/mol. The zero-order valence-corrected chi connectivity index (χ0v) is 25.0. The molecule has 0 bridgehead atoms. The van der Waals surface area contributed by atoms with E-state index in [2.05, 4.69) is 20.0 Å². The Morgan fingerprint density at radius 2 is 1.98 bits per heavy atom. The van der Waals surface area contributed by atoms with Gasteiger partial charge < -0.3 is 19.1 Å². The van der Waals surface area contributed by atoms with Crippen LogP contribution in [0.3, 0.4) is 0 Å². The van der Waals surface area contributed by atoms with Crippen LogP contribution in [-0.4, -0.2) is 52.2 Å². The zero-order valence-electron chi connectivity index (χ0n) is 24.2. The fourth-order valence-corrected chi connectivity index (χ4v) is 7.11. The Bertz CT molecular complexity index is 1450. The first-order valence-corrected chi connectivity index (χ1v) is 15.7. The van der Waals surface area contributed by atoms with Gasteiger partial charge in [0.25, 0.3) is 0 Å². The minimum atomic E-state index is -4.50. The van der Waals surface area contributed by atoms with Crippen LogP contribution in [0.2, 0.25) is 0 Å². The number of hydrogen-bond donors (Lipinski definition) is 0. The predicted octanol–water partition coefficient (Wildman–Crippen LogP) is 6.26. The Morgan fingerprint density at radius 3 is 2.67 bits per heavy atom. The van der Waals surface area contributed by atoms with Gasteiger partial charge in [0.2, 0.25) is 5.91 Å². The first-order valence-electron chi connectivity index (χ1n) is 14.9. The van der Waals surface area contributed by atoms with E-state index >= 15 is 0 Å². The maximum atomic E-state index is 14.8. The lowest BCUT2D eigenvalue weighted by molar-refractivity contribution is -0.137. The molecule has 2 aliphatic heterocycles. The van der Waals surface area contributed by atoms with Crippen LogP contribution in [0.4, 0.5) is 23.6 Å². The van der Waals surface area contributed by atoms with E-state index in [1.54, 1.807) is 12.1 Å². The highest BCUT2D eigenvalue weighted by Crippen LogP contribution is 2.50. The van der Waals surface area contributed by atoms with Crippen molar-refractivity contribution in [1.29, 1.82) is 0 Å². The molecular formula is C30H35F4N5O3S. The van der Waals surface area contributed by atoms with E-state index in [9.17, 15) is 22.4 Å². The molecule has 0 unspecified atom stereocenters. The normalized spacial score (nSPS) is 20.9. The van der Waals surface area contributed by atoms with Crippen molar-refractivity contribution in [3.63, 3.8) is 0 Å². The number of fused-ring (bicyclic) bond motifs is 1. The first kappa shape index (κ1) is 29.8. The Hall–Kier alpha value is -3.22. The third-order valence-corrected chi connectivity index (χ3v) is 9.99. The van der Waals surface area contributed by atoms with Gasteiger partial charge in [-0.15, -0.1) is 11.3 Å². The van der Waals surface area contributed by atoms with E-state index in [4.69, 9.17) is 9.26 Å². The molecule has 13 heteroatoms. The number of hydrogen-bond acceptors (Lipinski definition) is 8. The molecule has 1 saturated carbocycles. The van der Waals surface area contributed by atoms with E-state index in [1.807, 2.05) is 13.8 Å². The van der Waals surface area contributed by atoms with Gasteiger partial charge in [0.05, 0.1) is 25.3 Å². The van der Waals surface area contributed by atoms with Crippen molar-refractivity contribution in [3.05, 3.63) is 51.0 Å². The molecule has 3 aromatic rings. The number of thiazole rings is 1. The average molecular weight is 622 g/mol. The van der Waals surface area contributed by atoms with E-state index in [0.717, 1.165) is 38.2 Å². The van der Waals surface area contributed by atoms with Crippen molar-refractivity contribution in [2.45, 2.75) is 71.0 Å². The number of nitrogens with zero attached hydrogens (tertiary/aromatic N) is 5. The molecule has 1 saturated heterocycles. The van der Waals surface area contributed by atoms with E-state index in [0.29, 0.717) is 58.8 Å². The lowest BCUT2D eigenvalue weighted by atomic mass is 9.90. The fraction of sp³-hybridized carbons (Fsp3) is 0.600. The molecule has 1 aliphatic carbocycles. The number of halogens is 4. The number of ether oxygens (including phenoxy) is 1. The summed E-state index contributed by atoms with van der Waals surface area (Å²) in [4.78, 5) is 25.2. The molecule has 0 spiro atoms. The Balaban J connectivity index is 0.924. The van der Waals surface area contributed by atoms with Crippen molar-refractivity contribution in [2.24, 2.45) is 17.8 Å². The summed E-state index contributed by atoms with van der Waals surface area (Å²) in [6.07, 6.45) is -0.0584. The van der Waals surface area contributed by atoms with Gasteiger partial charge in [-0.05, 0) is 55.1 Å². The molecule has 1 aromatic carbocycles. The monoisotopic (exact) mass is 621 g/mol.